The minimum absolute atomic E-state index is 0.189. The topological polar surface area (TPSA) is 72.2 Å². The molecule has 0 fully saturated rings. The molecule has 114 valence electrons. The Bertz CT molecular complexity index is 1020. The summed E-state index contributed by atoms with van der Waals surface area (Å²) in [4.78, 5) is 27.4. The normalized spacial score (nSPS) is 12.7. The van der Waals surface area contributed by atoms with Gasteiger partial charge in [0.25, 0.3) is 0 Å². The molecule has 2 heterocycles. The van der Waals surface area contributed by atoms with E-state index in [1.165, 1.54) is 12.1 Å². The number of nitrogens with zero attached hydrogens (tertiary/aromatic N) is 2. The van der Waals surface area contributed by atoms with Crippen molar-refractivity contribution in [2.45, 2.75) is 13.0 Å². The van der Waals surface area contributed by atoms with Crippen molar-refractivity contribution >= 4 is 28.5 Å². The van der Waals surface area contributed by atoms with E-state index in [4.69, 9.17) is 16.7 Å². The molecule has 0 saturated heterocycles. The third kappa shape index (κ3) is 2.12. The molecule has 0 bridgehead atoms. The van der Waals surface area contributed by atoms with Gasteiger partial charge >= 0.3 is 11.7 Å². The Hall–Kier alpha value is -2.66. The van der Waals surface area contributed by atoms with E-state index >= 15 is 0 Å². The number of benzene rings is 2. The number of aromatic nitrogens is 2. The molecule has 1 aliphatic heterocycles. The molecule has 5 nitrogen and oxygen atoms in total. The van der Waals surface area contributed by atoms with Crippen LogP contribution in [-0.2, 0) is 13.0 Å². The molecule has 1 aromatic heterocycles. The van der Waals surface area contributed by atoms with Crippen molar-refractivity contribution in [2.75, 3.05) is 0 Å². The van der Waals surface area contributed by atoms with Crippen LogP contribution in [0.4, 0.5) is 0 Å². The van der Waals surface area contributed by atoms with Gasteiger partial charge in [-0.2, -0.15) is 4.98 Å². The van der Waals surface area contributed by atoms with Crippen LogP contribution in [0.1, 0.15) is 15.9 Å². The van der Waals surface area contributed by atoms with Crippen LogP contribution in [0.15, 0.2) is 41.2 Å². The standard InChI is InChI=1S/C17H11ClN2O3/c18-12-7-11-5-6-20-15(11)13(8-12)14(19-17(20)23)9-1-3-10(4-2-9)16(21)22/h1-4,7-8H,5-6H2,(H,21,22). The summed E-state index contributed by atoms with van der Waals surface area (Å²) in [5.41, 5.74) is 3.02. The first-order valence-corrected chi connectivity index (χ1v) is 7.49. The third-order valence-electron chi connectivity index (χ3n) is 4.13. The maximum absolute atomic E-state index is 12.3. The Balaban J connectivity index is 2.02. The van der Waals surface area contributed by atoms with Crippen molar-refractivity contribution in [3.63, 3.8) is 0 Å². The second-order valence-electron chi connectivity index (χ2n) is 5.49. The van der Waals surface area contributed by atoms with Gasteiger partial charge in [-0.1, -0.05) is 23.7 Å². The first-order chi connectivity index (χ1) is 11.0. The Kier molecular flexibility index (Phi) is 2.99. The molecular weight excluding hydrogens is 316 g/mol. The van der Waals surface area contributed by atoms with Gasteiger partial charge in [-0.15, -0.1) is 0 Å². The minimum atomic E-state index is -0.993. The molecule has 2 aromatic carbocycles. The SMILES string of the molecule is O=C(O)c1ccc(-c2nc(=O)n3c4c(cc(Cl)cc24)CC3)cc1. The zero-order valence-corrected chi connectivity index (χ0v) is 12.7. The molecular formula is C17H11ClN2O3. The van der Waals surface area contributed by atoms with Crippen molar-refractivity contribution in [1.82, 2.24) is 9.55 Å². The lowest BCUT2D eigenvalue weighted by Crippen LogP contribution is -2.21. The summed E-state index contributed by atoms with van der Waals surface area (Å²) in [6.45, 7) is 0.607. The van der Waals surface area contributed by atoms with Crippen molar-refractivity contribution in [3.05, 3.63) is 63.0 Å². The highest BCUT2D eigenvalue weighted by atomic mass is 35.5. The molecule has 1 aliphatic rings. The van der Waals surface area contributed by atoms with E-state index in [0.29, 0.717) is 22.8 Å². The predicted octanol–water partition coefficient (Wildman–Crippen LogP) is 2.97. The van der Waals surface area contributed by atoms with E-state index in [2.05, 4.69) is 4.98 Å². The van der Waals surface area contributed by atoms with Crippen LogP contribution in [0.3, 0.4) is 0 Å². The highest BCUT2D eigenvalue weighted by Crippen LogP contribution is 2.33. The summed E-state index contributed by atoms with van der Waals surface area (Å²) in [7, 11) is 0. The number of carboxylic acids is 1. The molecule has 0 spiro atoms. The second kappa shape index (κ2) is 4.93. The van der Waals surface area contributed by atoms with Crippen LogP contribution in [0.5, 0.6) is 0 Å². The molecule has 1 N–H and O–H groups in total. The van der Waals surface area contributed by atoms with Crippen LogP contribution >= 0.6 is 11.6 Å². The van der Waals surface area contributed by atoms with Crippen LogP contribution in [0.25, 0.3) is 22.2 Å². The summed E-state index contributed by atoms with van der Waals surface area (Å²) in [6.07, 6.45) is 0.759. The third-order valence-corrected chi connectivity index (χ3v) is 4.35. The van der Waals surface area contributed by atoms with Crippen LogP contribution in [0.2, 0.25) is 5.02 Å². The Morgan fingerprint density at radius 2 is 1.96 bits per heavy atom. The first kappa shape index (κ1) is 14.0. The van der Waals surface area contributed by atoms with Gasteiger partial charge in [0.2, 0.25) is 0 Å². The number of hydrogen-bond acceptors (Lipinski definition) is 3. The number of hydrogen-bond donors (Lipinski definition) is 1. The molecule has 23 heavy (non-hydrogen) atoms. The van der Waals surface area contributed by atoms with Gasteiger partial charge < -0.3 is 5.11 Å². The van der Waals surface area contributed by atoms with Gasteiger partial charge in [0.15, 0.2) is 0 Å². The zero-order valence-electron chi connectivity index (χ0n) is 11.9. The average Bonchev–Trinajstić information content (AvgIpc) is 2.95. The second-order valence-corrected chi connectivity index (χ2v) is 5.92. The zero-order chi connectivity index (χ0) is 16.1. The van der Waals surface area contributed by atoms with E-state index in [9.17, 15) is 9.59 Å². The van der Waals surface area contributed by atoms with E-state index in [-0.39, 0.29) is 11.3 Å². The van der Waals surface area contributed by atoms with Crippen molar-refractivity contribution < 1.29 is 9.90 Å². The lowest BCUT2D eigenvalue weighted by atomic mass is 10.0. The molecule has 0 saturated carbocycles. The lowest BCUT2D eigenvalue weighted by Gasteiger charge is -2.09. The fourth-order valence-corrected chi connectivity index (χ4v) is 3.33. The molecule has 0 radical (unpaired) electrons. The highest BCUT2D eigenvalue weighted by molar-refractivity contribution is 6.31. The number of rotatable bonds is 2. The van der Waals surface area contributed by atoms with Crippen LogP contribution < -0.4 is 5.69 Å². The number of carboxylic acid groups (broad SMARTS) is 1. The van der Waals surface area contributed by atoms with Crippen molar-refractivity contribution in [3.8, 4) is 11.3 Å². The Morgan fingerprint density at radius 1 is 1.22 bits per heavy atom. The van der Waals surface area contributed by atoms with E-state index < -0.39 is 5.97 Å². The summed E-state index contributed by atoms with van der Waals surface area (Å²) in [5.74, 6) is -0.993. The predicted molar refractivity (Wildman–Crippen MR) is 87.1 cm³/mol. The summed E-state index contributed by atoms with van der Waals surface area (Å²) in [5, 5.41) is 10.4. The van der Waals surface area contributed by atoms with E-state index in [0.717, 1.165) is 22.9 Å². The number of carbonyl (C=O) groups is 1. The Labute approximate surface area is 135 Å². The van der Waals surface area contributed by atoms with Gasteiger partial charge in [0, 0.05) is 22.5 Å². The Morgan fingerprint density at radius 3 is 2.65 bits per heavy atom. The van der Waals surface area contributed by atoms with E-state index in [1.807, 2.05) is 6.07 Å². The van der Waals surface area contributed by atoms with Crippen LogP contribution in [0, 0.1) is 0 Å². The summed E-state index contributed by atoms with van der Waals surface area (Å²) in [6, 6.07) is 10.0. The minimum Gasteiger partial charge on any atom is -0.478 e. The molecule has 0 unspecified atom stereocenters. The van der Waals surface area contributed by atoms with Gasteiger partial charge in [0.05, 0.1) is 16.8 Å². The molecule has 0 atom stereocenters. The lowest BCUT2D eigenvalue weighted by molar-refractivity contribution is 0.0697. The fourth-order valence-electron chi connectivity index (χ4n) is 3.09. The highest BCUT2D eigenvalue weighted by Gasteiger charge is 2.20. The molecule has 0 aliphatic carbocycles. The van der Waals surface area contributed by atoms with Gasteiger partial charge in [-0.3, -0.25) is 4.57 Å². The van der Waals surface area contributed by atoms with Crippen LogP contribution in [-0.4, -0.2) is 20.6 Å². The number of aromatic carboxylic acids is 1. The summed E-state index contributed by atoms with van der Waals surface area (Å²) < 4.78 is 1.66. The first-order valence-electron chi connectivity index (χ1n) is 7.11. The average molecular weight is 327 g/mol. The van der Waals surface area contributed by atoms with E-state index in [1.54, 1.807) is 22.8 Å². The molecule has 0 amide bonds. The van der Waals surface area contributed by atoms with Gasteiger partial charge in [-0.25, -0.2) is 9.59 Å². The largest absolute Gasteiger partial charge is 0.478 e. The molecule has 4 rings (SSSR count). The van der Waals surface area contributed by atoms with Gasteiger partial charge in [0.1, 0.15) is 0 Å². The number of halogens is 1. The summed E-state index contributed by atoms with van der Waals surface area (Å²) >= 11 is 6.20. The monoisotopic (exact) mass is 326 g/mol. The smallest absolute Gasteiger partial charge is 0.348 e. The molecule has 3 aromatic rings. The quantitative estimate of drug-likeness (QED) is 0.786. The van der Waals surface area contributed by atoms with Crippen molar-refractivity contribution in [2.24, 2.45) is 0 Å². The van der Waals surface area contributed by atoms with Crippen molar-refractivity contribution in [1.29, 1.82) is 0 Å². The molecule has 6 heteroatoms. The fraction of sp³-hybridized carbons (Fsp3) is 0.118. The van der Waals surface area contributed by atoms with Gasteiger partial charge in [-0.05, 0) is 36.2 Å². The maximum atomic E-state index is 12.3. The maximum Gasteiger partial charge on any atom is 0.348 e. The number of aryl methyl sites for hydroxylation is 2.